The van der Waals surface area contributed by atoms with Crippen molar-refractivity contribution in [3.63, 3.8) is 0 Å². The van der Waals surface area contributed by atoms with E-state index in [1.807, 2.05) is 14.0 Å². The molecule has 1 heterocycles. The fourth-order valence-electron chi connectivity index (χ4n) is 1.90. The molecule has 0 saturated carbocycles. The highest BCUT2D eigenvalue weighted by molar-refractivity contribution is 5.86. The molecule has 1 aliphatic heterocycles. The Balaban J connectivity index is 2.74. The van der Waals surface area contributed by atoms with E-state index in [9.17, 15) is 0 Å². The van der Waals surface area contributed by atoms with Crippen LogP contribution < -0.4 is 0 Å². The van der Waals surface area contributed by atoms with Crippen LogP contribution in [0.25, 0.3) is 0 Å². The summed E-state index contributed by atoms with van der Waals surface area (Å²) in [6.07, 6.45) is 0. The van der Waals surface area contributed by atoms with E-state index in [-0.39, 0.29) is 0 Å². The Bertz CT molecular complexity index is 315. The van der Waals surface area contributed by atoms with Crippen LogP contribution in [0.15, 0.2) is 29.5 Å². The SMILES string of the molecule is C=C(C(C)C)N1CCN(C(=C)C)C(=NC)C1. The first kappa shape index (κ1) is 12.8. The van der Waals surface area contributed by atoms with Gasteiger partial charge in [-0.1, -0.05) is 27.0 Å². The molecule has 90 valence electrons. The van der Waals surface area contributed by atoms with Gasteiger partial charge in [0.25, 0.3) is 0 Å². The lowest BCUT2D eigenvalue weighted by molar-refractivity contribution is 0.280. The molecule has 16 heavy (non-hydrogen) atoms. The van der Waals surface area contributed by atoms with Crippen molar-refractivity contribution in [3.8, 4) is 0 Å². The Labute approximate surface area is 99.1 Å². The van der Waals surface area contributed by atoms with Crippen LogP contribution in [0.4, 0.5) is 0 Å². The second-order valence-electron chi connectivity index (χ2n) is 4.59. The lowest BCUT2D eigenvalue weighted by atomic mass is 10.1. The van der Waals surface area contributed by atoms with Crippen molar-refractivity contribution < 1.29 is 0 Å². The second kappa shape index (κ2) is 5.19. The van der Waals surface area contributed by atoms with Gasteiger partial charge in [0.2, 0.25) is 0 Å². The van der Waals surface area contributed by atoms with E-state index in [1.54, 1.807) is 0 Å². The van der Waals surface area contributed by atoms with Gasteiger partial charge in [-0.25, -0.2) is 0 Å². The number of rotatable bonds is 3. The molecule has 3 heteroatoms. The summed E-state index contributed by atoms with van der Waals surface area (Å²) in [5, 5.41) is 0. The number of hydrogen-bond acceptors (Lipinski definition) is 2. The molecule has 0 aromatic rings. The summed E-state index contributed by atoms with van der Waals surface area (Å²) in [6, 6.07) is 0. The first-order chi connectivity index (χ1) is 7.47. The highest BCUT2D eigenvalue weighted by Crippen LogP contribution is 2.18. The van der Waals surface area contributed by atoms with Crippen LogP contribution in [0.2, 0.25) is 0 Å². The van der Waals surface area contributed by atoms with Gasteiger partial charge >= 0.3 is 0 Å². The molecule has 0 aromatic heterocycles. The Morgan fingerprint density at radius 2 is 1.94 bits per heavy atom. The first-order valence-corrected chi connectivity index (χ1v) is 5.79. The van der Waals surface area contributed by atoms with E-state index in [2.05, 4.69) is 41.8 Å². The molecule has 0 aliphatic carbocycles. The van der Waals surface area contributed by atoms with Gasteiger partial charge in [-0.2, -0.15) is 0 Å². The topological polar surface area (TPSA) is 18.8 Å². The number of nitrogens with zero attached hydrogens (tertiary/aromatic N) is 3. The normalized spacial score (nSPS) is 19.4. The van der Waals surface area contributed by atoms with E-state index in [0.717, 1.165) is 31.2 Å². The van der Waals surface area contributed by atoms with E-state index < -0.39 is 0 Å². The highest BCUT2D eigenvalue weighted by atomic mass is 15.3. The Morgan fingerprint density at radius 1 is 1.31 bits per heavy atom. The fraction of sp³-hybridized carbons (Fsp3) is 0.615. The van der Waals surface area contributed by atoms with Crippen LogP contribution >= 0.6 is 0 Å². The number of piperazine rings is 1. The molecule has 0 bridgehead atoms. The molecule has 1 fully saturated rings. The number of hydrogen-bond donors (Lipinski definition) is 0. The second-order valence-corrected chi connectivity index (χ2v) is 4.59. The molecule has 0 aromatic carbocycles. The van der Waals surface area contributed by atoms with E-state index in [4.69, 9.17) is 0 Å². The zero-order chi connectivity index (χ0) is 12.3. The van der Waals surface area contributed by atoms with Crippen LogP contribution in [0.1, 0.15) is 20.8 Å². The maximum absolute atomic E-state index is 4.34. The lowest BCUT2D eigenvalue weighted by Gasteiger charge is -2.40. The van der Waals surface area contributed by atoms with Crippen molar-refractivity contribution in [1.82, 2.24) is 9.80 Å². The summed E-state index contributed by atoms with van der Waals surface area (Å²) in [5.41, 5.74) is 2.26. The monoisotopic (exact) mass is 221 g/mol. The van der Waals surface area contributed by atoms with Crippen molar-refractivity contribution in [3.05, 3.63) is 24.6 Å². The van der Waals surface area contributed by atoms with Crippen molar-refractivity contribution in [2.45, 2.75) is 20.8 Å². The van der Waals surface area contributed by atoms with Crippen LogP contribution in [-0.2, 0) is 0 Å². The molecule has 0 N–H and O–H groups in total. The van der Waals surface area contributed by atoms with Gasteiger partial charge in [-0.15, -0.1) is 0 Å². The minimum atomic E-state index is 0.495. The third kappa shape index (κ3) is 2.65. The van der Waals surface area contributed by atoms with Crippen LogP contribution in [-0.4, -0.2) is 42.3 Å². The van der Waals surface area contributed by atoms with Gasteiger partial charge in [-0.05, 0) is 12.8 Å². The van der Waals surface area contributed by atoms with Crippen LogP contribution in [0.5, 0.6) is 0 Å². The van der Waals surface area contributed by atoms with Crippen LogP contribution in [0.3, 0.4) is 0 Å². The number of amidine groups is 1. The molecule has 0 spiro atoms. The summed E-state index contributed by atoms with van der Waals surface area (Å²) >= 11 is 0. The maximum Gasteiger partial charge on any atom is 0.123 e. The van der Waals surface area contributed by atoms with Crippen molar-refractivity contribution >= 4 is 5.84 Å². The Morgan fingerprint density at radius 3 is 2.38 bits per heavy atom. The molecule has 0 atom stereocenters. The van der Waals surface area contributed by atoms with Crippen molar-refractivity contribution in [2.75, 3.05) is 26.7 Å². The molecule has 1 aliphatic rings. The molecular weight excluding hydrogens is 198 g/mol. The molecule has 1 rings (SSSR count). The predicted octanol–water partition coefficient (Wildman–Crippen LogP) is 2.34. The third-order valence-corrected chi connectivity index (χ3v) is 3.03. The predicted molar refractivity (Wildman–Crippen MR) is 70.4 cm³/mol. The minimum absolute atomic E-state index is 0.495. The molecule has 1 saturated heterocycles. The van der Waals surface area contributed by atoms with Crippen molar-refractivity contribution in [1.29, 1.82) is 0 Å². The van der Waals surface area contributed by atoms with Gasteiger partial charge in [0.15, 0.2) is 0 Å². The smallest absolute Gasteiger partial charge is 0.123 e. The number of allylic oxidation sites excluding steroid dienone is 2. The largest absolute Gasteiger partial charge is 0.366 e. The molecule has 0 amide bonds. The number of aliphatic imine (C=N–C) groups is 1. The summed E-state index contributed by atoms with van der Waals surface area (Å²) < 4.78 is 0. The summed E-state index contributed by atoms with van der Waals surface area (Å²) in [7, 11) is 1.84. The molecule has 0 unspecified atom stereocenters. The molecule has 0 radical (unpaired) electrons. The quantitative estimate of drug-likeness (QED) is 0.728. The van der Waals surface area contributed by atoms with Gasteiger partial charge in [0.05, 0.1) is 6.54 Å². The Hall–Kier alpha value is -1.25. The maximum atomic E-state index is 4.34. The summed E-state index contributed by atoms with van der Waals surface area (Å²) in [4.78, 5) is 8.84. The highest BCUT2D eigenvalue weighted by Gasteiger charge is 2.23. The van der Waals surface area contributed by atoms with Gasteiger partial charge < -0.3 is 9.80 Å². The van der Waals surface area contributed by atoms with E-state index in [0.29, 0.717) is 5.92 Å². The van der Waals surface area contributed by atoms with Gasteiger partial charge in [0, 0.05) is 31.5 Å². The molecular formula is C13H23N3. The lowest BCUT2D eigenvalue weighted by Crippen LogP contribution is -2.49. The minimum Gasteiger partial charge on any atom is -0.366 e. The standard InChI is InChI=1S/C13H23N3/c1-10(2)12(5)15-7-8-16(11(3)4)13(9-15)14-6/h10H,3,5,7-9H2,1-2,4,6H3. The Kier molecular flexibility index (Phi) is 4.16. The van der Waals surface area contributed by atoms with Crippen molar-refractivity contribution in [2.24, 2.45) is 10.9 Å². The van der Waals surface area contributed by atoms with Gasteiger partial charge in [0.1, 0.15) is 5.84 Å². The van der Waals surface area contributed by atoms with E-state index >= 15 is 0 Å². The van der Waals surface area contributed by atoms with Crippen LogP contribution in [0, 0.1) is 5.92 Å². The third-order valence-electron chi connectivity index (χ3n) is 3.03. The average Bonchev–Trinajstić information content (AvgIpc) is 2.26. The first-order valence-electron chi connectivity index (χ1n) is 5.79. The zero-order valence-electron chi connectivity index (χ0n) is 11.0. The molecule has 3 nitrogen and oxygen atoms in total. The zero-order valence-corrected chi connectivity index (χ0v) is 11.0. The summed E-state index contributed by atoms with van der Waals surface area (Å²) in [5.74, 6) is 1.58. The average molecular weight is 221 g/mol. The van der Waals surface area contributed by atoms with Gasteiger partial charge in [-0.3, -0.25) is 4.99 Å². The summed E-state index contributed by atoms with van der Waals surface area (Å²) in [6.45, 7) is 17.3. The van der Waals surface area contributed by atoms with E-state index in [1.165, 1.54) is 5.70 Å². The fourth-order valence-corrected chi connectivity index (χ4v) is 1.90.